The number of aliphatic hydroxyl groups is 1. The first kappa shape index (κ1) is 19.3. The number of benzene rings is 1. The van der Waals surface area contributed by atoms with Crippen LogP contribution in [0.1, 0.15) is 36.5 Å². The number of β-amino-alcohol motifs (C(OH)–C–C–N with tert-alkyl or cyclic N) is 1. The average molecular weight is 431 g/mol. The van der Waals surface area contributed by atoms with Gasteiger partial charge in [0, 0.05) is 24.8 Å². The molecule has 2 aliphatic heterocycles. The van der Waals surface area contributed by atoms with E-state index in [0.717, 1.165) is 57.6 Å². The molecule has 1 saturated heterocycles. The van der Waals surface area contributed by atoms with Crippen LogP contribution in [0.3, 0.4) is 0 Å². The molecule has 164 valence electrons. The van der Waals surface area contributed by atoms with E-state index in [1.54, 1.807) is 6.20 Å². The topological polar surface area (TPSA) is 89.4 Å². The summed E-state index contributed by atoms with van der Waals surface area (Å²) in [6, 6.07) is 9.87. The molecule has 1 aromatic carbocycles. The highest BCUT2D eigenvalue weighted by Gasteiger charge is 2.38. The molecule has 0 unspecified atom stereocenters. The lowest BCUT2D eigenvalue weighted by Gasteiger charge is -2.30. The first-order chi connectivity index (χ1) is 15.4. The summed E-state index contributed by atoms with van der Waals surface area (Å²) in [5, 5.41) is 14.7. The van der Waals surface area contributed by atoms with Crippen molar-refractivity contribution in [3.8, 4) is 16.9 Å². The van der Waals surface area contributed by atoms with E-state index in [9.17, 15) is 5.11 Å². The second kappa shape index (κ2) is 6.80. The summed E-state index contributed by atoms with van der Waals surface area (Å²) >= 11 is 0. The zero-order valence-corrected chi connectivity index (χ0v) is 18.4. The fourth-order valence-corrected chi connectivity index (χ4v) is 5.02. The van der Waals surface area contributed by atoms with Crippen molar-refractivity contribution in [3.05, 3.63) is 53.7 Å². The predicted molar refractivity (Wildman–Crippen MR) is 120 cm³/mol. The molecule has 2 atom stereocenters. The number of ether oxygens (including phenoxy) is 1. The first-order valence-corrected chi connectivity index (χ1v) is 10.9. The third kappa shape index (κ3) is 2.82. The number of imidazole rings is 1. The Morgan fingerprint density at radius 3 is 2.75 bits per heavy atom. The molecule has 0 saturated carbocycles. The summed E-state index contributed by atoms with van der Waals surface area (Å²) < 4.78 is 14.1. The molecule has 3 aromatic heterocycles. The fraction of sp³-hybridized carbons (Fsp3) is 0.375. The minimum absolute atomic E-state index is 0.117. The highest BCUT2D eigenvalue weighted by atomic mass is 16.5. The number of aromatic nitrogens is 4. The number of pyridine rings is 1. The van der Waals surface area contributed by atoms with E-state index < -0.39 is 5.60 Å². The van der Waals surface area contributed by atoms with Gasteiger partial charge in [0.1, 0.15) is 23.9 Å². The third-order valence-electron chi connectivity index (χ3n) is 6.55. The maximum Gasteiger partial charge on any atom is 0.207 e. The Labute approximate surface area is 185 Å². The molecule has 4 aromatic rings. The van der Waals surface area contributed by atoms with Crippen LogP contribution in [0.25, 0.3) is 22.2 Å². The summed E-state index contributed by atoms with van der Waals surface area (Å²) in [4.78, 5) is 11.8. The monoisotopic (exact) mass is 431 g/mol. The lowest BCUT2D eigenvalue weighted by Crippen LogP contribution is -2.33. The van der Waals surface area contributed by atoms with Crippen molar-refractivity contribution in [2.45, 2.75) is 38.8 Å². The molecule has 6 rings (SSSR count). The Bertz CT molecular complexity index is 1310. The van der Waals surface area contributed by atoms with Crippen LogP contribution in [0.2, 0.25) is 0 Å². The van der Waals surface area contributed by atoms with Crippen LogP contribution in [0.15, 0.2) is 41.1 Å². The minimum Gasteiger partial charge on any atom is -0.488 e. The Morgan fingerprint density at radius 1 is 1.19 bits per heavy atom. The van der Waals surface area contributed by atoms with Gasteiger partial charge in [-0.3, -0.25) is 9.55 Å². The highest BCUT2D eigenvalue weighted by Crippen LogP contribution is 2.46. The lowest BCUT2D eigenvalue weighted by atomic mass is 10.0. The molecule has 1 fully saturated rings. The Kier molecular flexibility index (Phi) is 4.10. The van der Waals surface area contributed by atoms with Gasteiger partial charge in [-0.2, -0.15) is 0 Å². The Hall–Kier alpha value is -3.39. The highest BCUT2D eigenvalue weighted by molar-refractivity contribution is 5.94. The Balaban J connectivity index is 1.61. The summed E-state index contributed by atoms with van der Waals surface area (Å²) in [5.74, 6) is 2.39. The quantitative estimate of drug-likeness (QED) is 0.530. The van der Waals surface area contributed by atoms with Crippen molar-refractivity contribution < 1.29 is 14.4 Å². The van der Waals surface area contributed by atoms with E-state index in [1.807, 2.05) is 51.1 Å². The van der Waals surface area contributed by atoms with Gasteiger partial charge in [-0.15, -0.1) is 0 Å². The van der Waals surface area contributed by atoms with E-state index in [1.165, 1.54) is 0 Å². The minimum atomic E-state index is -0.727. The second-order valence-corrected chi connectivity index (χ2v) is 9.04. The van der Waals surface area contributed by atoms with Gasteiger partial charge in [0.2, 0.25) is 5.95 Å². The number of rotatable bonds is 3. The molecule has 2 aliphatic rings. The average Bonchev–Trinajstić information content (AvgIpc) is 3.45. The first-order valence-electron chi connectivity index (χ1n) is 10.9. The number of hydrogen-bond acceptors (Lipinski definition) is 7. The number of aryl methyl sites for hydroxylation is 2. The van der Waals surface area contributed by atoms with Crippen LogP contribution in [-0.2, 0) is 0 Å². The van der Waals surface area contributed by atoms with Crippen molar-refractivity contribution in [1.82, 2.24) is 19.7 Å². The smallest absolute Gasteiger partial charge is 0.207 e. The maximum atomic E-state index is 10.6. The summed E-state index contributed by atoms with van der Waals surface area (Å²) in [7, 11) is 0. The molecule has 5 heterocycles. The van der Waals surface area contributed by atoms with Gasteiger partial charge in [0.25, 0.3) is 0 Å². The van der Waals surface area contributed by atoms with Crippen LogP contribution in [0.5, 0.6) is 5.75 Å². The van der Waals surface area contributed by atoms with Crippen LogP contribution >= 0.6 is 0 Å². The van der Waals surface area contributed by atoms with Gasteiger partial charge in [-0.1, -0.05) is 11.2 Å². The number of anilines is 1. The van der Waals surface area contributed by atoms with Crippen molar-refractivity contribution >= 4 is 17.0 Å². The number of hydrogen-bond donors (Lipinski definition) is 1. The normalized spacial score (nSPS) is 22.5. The SMILES string of the molecule is Cc1noc(C)c1-c1ccc2nc(N3CC[C@@](C)(O)C3)n3c2c1OC[C@@H]3c1ccccn1. The van der Waals surface area contributed by atoms with Crippen molar-refractivity contribution in [2.24, 2.45) is 0 Å². The largest absolute Gasteiger partial charge is 0.488 e. The summed E-state index contributed by atoms with van der Waals surface area (Å²) in [5.41, 5.74) is 4.73. The van der Waals surface area contributed by atoms with Gasteiger partial charge in [0.15, 0.2) is 5.75 Å². The van der Waals surface area contributed by atoms with Gasteiger partial charge in [0.05, 0.1) is 28.1 Å². The molecule has 8 nitrogen and oxygen atoms in total. The molecule has 0 spiro atoms. The predicted octanol–water partition coefficient (Wildman–Crippen LogP) is 3.65. The van der Waals surface area contributed by atoms with Gasteiger partial charge in [-0.25, -0.2) is 4.98 Å². The van der Waals surface area contributed by atoms with Crippen molar-refractivity contribution in [3.63, 3.8) is 0 Å². The molecule has 32 heavy (non-hydrogen) atoms. The van der Waals surface area contributed by atoms with E-state index in [0.29, 0.717) is 19.6 Å². The molecule has 8 heteroatoms. The zero-order chi connectivity index (χ0) is 22.0. The van der Waals surface area contributed by atoms with Crippen molar-refractivity contribution in [1.29, 1.82) is 0 Å². The summed E-state index contributed by atoms with van der Waals surface area (Å²) in [6.45, 7) is 7.47. The van der Waals surface area contributed by atoms with Gasteiger partial charge in [-0.05, 0) is 51.5 Å². The van der Waals surface area contributed by atoms with Crippen LogP contribution in [-0.4, -0.2) is 50.1 Å². The molecular formula is C24H25N5O3. The van der Waals surface area contributed by atoms with Crippen LogP contribution < -0.4 is 9.64 Å². The fourth-order valence-electron chi connectivity index (χ4n) is 5.02. The molecular weight excluding hydrogens is 406 g/mol. The maximum absolute atomic E-state index is 10.6. The van der Waals surface area contributed by atoms with Gasteiger partial charge < -0.3 is 19.3 Å². The summed E-state index contributed by atoms with van der Waals surface area (Å²) in [6.07, 6.45) is 2.51. The van der Waals surface area contributed by atoms with E-state index in [-0.39, 0.29) is 6.04 Å². The molecule has 0 radical (unpaired) electrons. The van der Waals surface area contributed by atoms with E-state index in [2.05, 4.69) is 19.6 Å². The lowest BCUT2D eigenvalue weighted by molar-refractivity contribution is 0.0838. The third-order valence-corrected chi connectivity index (χ3v) is 6.55. The standard InChI is InChI=1S/C24H25N5O3/c1-14-20(15(2)32-27-14)16-7-8-18-21-22(16)31-12-19(17-6-4-5-10-25-17)29(21)23(26-18)28-11-9-24(3,30)13-28/h4-8,10,19,30H,9,11-13H2,1-3H3/t19-,24-/m1/s1. The molecule has 0 amide bonds. The second-order valence-electron chi connectivity index (χ2n) is 9.04. The van der Waals surface area contributed by atoms with Crippen LogP contribution in [0.4, 0.5) is 5.95 Å². The molecule has 1 N–H and O–H groups in total. The van der Waals surface area contributed by atoms with E-state index in [4.69, 9.17) is 14.2 Å². The van der Waals surface area contributed by atoms with Gasteiger partial charge >= 0.3 is 0 Å². The number of nitrogens with zero attached hydrogens (tertiary/aromatic N) is 5. The molecule has 0 bridgehead atoms. The Morgan fingerprint density at radius 2 is 2.06 bits per heavy atom. The van der Waals surface area contributed by atoms with Crippen LogP contribution in [0, 0.1) is 13.8 Å². The molecule has 0 aliphatic carbocycles. The van der Waals surface area contributed by atoms with Crippen molar-refractivity contribution in [2.75, 3.05) is 24.6 Å². The van der Waals surface area contributed by atoms with E-state index >= 15 is 0 Å². The zero-order valence-electron chi connectivity index (χ0n) is 18.4.